The Morgan fingerprint density at radius 2 is 2.12 bits per heavy atom. The summed E-state index contributed by atoms with van der Waals surface area (Å²) in [6.07, 6.45) is 1.95. The summed E-state index contributed by atoms with van der Waals surface area (Å²) in [5.74, 6) is 0. The first kappa shape index (κ1) is 11.0. The fourth-order valence-electron chi connectivity index (χ4n) is 0.485. The van der Waals surface area contributed by atoms with Crippen LogP contribution in [0.15, 0.2) is 0 Å². The van der Waals surface area contributed by atoms with Gasteiger partial charge in [0, 0.05) is 6.42 Å². The van der Waals surface area contributed by atoms with Gasteiger partial charge in [-0.2, -0.15) is 0 Å². The average Bonchev–Trinajstić information content (AvgIpc) is 1.68. The number of hydrogen-bond donors (Lipinski definition) is 1. The van der Waals surface area contributed by atoms with Crippen LogP contribution in [0.4, 0.5) is 4.39 Å². The lowest BCUT2D eigenvalue weighted by Gasteiger charge is -1.96. The Bertz CT molecular complexity index is 43.4. The molecule has 8 heavy (non-hydrogen) atoms. The van der Waals surface area contributed by atoms with Gasteiger partial charge < -0.3 is 18.1 Å². The minimum Gasteiger partial charge on any atom is -1.00 e. The molecule has 3 N–H and O–H groups in total. The van der Waals surface area contributed by atoms with E-state index in [0.29, 0.717) is 0 Å². The van der Waals surface area contributed by atoms with E-state index >= 15 is 0 Å². The van der Waals surface area contributed by atoms with Gasteiger partial charge in [-0.25, -0.2) is 4.39 Å². The summed E-state index contributed by atoms with van der Waals surface area (Å²) in [5.41, 5.74) is 3.57. The van der Waals surface area contributed by atoms with E-state index in [2.05, 4.69) is 5.73 Å². The largest absolute Gasteiger partial charge is 1.00 e. The Labute approximate surface area is 55.9 Å². The van der Waals surface area contributed by atoms with Crippen LogP contribution in [0.5, 0.6) is 0 Å². The molecule has 0 aliphatic carbocycles. The first-order valence-electron chi connectivity index (χ1n) is 2.70. The second kappa shape index (κ2) is 7.18. The van der Waals surface area contributed by atoms with Crippen LogP contribution in [-0.2, 0) is 0 Å². The predicted octanol–water partition coefficient (Wildman–Crippen LogP) is -2.63. The van der Waals surface area contributed by atoms with Crippen molar-refractivity contribution < 1.29 is 22.5 Å². The van der Waals surface area contributed by atoms with Crippen molar-refractivity contribution in [2.75, 3.05) is 6.67 Å². The molecule has 0 heterocycles. The van der Waals surface area contributed by atoms with Crippen LogP contribution in [0, 0.1) is 0 Å². The van der Waals surface area contributed by atoms with Gasteiger partial charge in [-0.05, 0) is 0 Å². The van der Waals surface area contributed by atoms with Crippen molar-refractivity contribution in [3.05, 3.63) is 0 Å². The lowest BCUT2D eigenvalue weighted by molar-refractivity contribution is -0.423. The second-order valence-corrected chi connectivity index (χ2v) is 1.81. The molecule has 52 valence electrons. The molecule has 0 unspecified atom stereocenters. The van der Waals surface area contributed by atoms with Crippen LogP contribution in [0.3, 0.4) is 0 Å². The Hall–Kier alpha value is 0.180. The average molecular weight is 142 g/mol. The highest BCUT2D eigenvalue weighted by molar-refractivity contribution is 4.46. The SMILES string of the molecule is CCC[C@H]([NH3+])CF.[Cl-]. The van der Waals surface area contributed by atoms with Crippen LogP contribution in [0.25, 0.3) is 0 Å². The maximum atomic E-state index is 11.5. The summed E-state index contributed by atoms with van der Waals surface area (Å²) in [4.78, 5) is 0. The van der Waals surface area contributed by atoms with E-state index in [1.54, 1.807) is 0 Å². The van der Waals surface area contributed by atoms with E-state index in [9.17, 15) is 4.39 Å². The maximum absolute atomic E-state index is 11.5. The summed E-state index contributed by atoms with van der Waals surface area (Å²) in [5, 5.41) is 0. The van der Waals surface area contributed by atoms with Gasteiger partial charge >= 0.3 is 0 Å². The lowest BCUT2D eigenvalue weighted by atomic mass is 10.2. The van der Waals surface area contributed by atoms with Crippen molar-refractivity contribution in [1.82, 2.24) is 0 Å². The Kier molecular flexibility index (Phi) is 9.91. The highest BCUT2D eigenvalue weighted by Gasteiger charge is 2.00. The fraction of sp³-hybridized carbons (Fsp3) is 1.00. The van der Waals surface area contributed by atoms with Gasteiger partial charge in [-0.1, -0.05) is 13.3 Å². The number of alkyl halides is 1. The van der Waals surface area contributed by atoms with Crippen molar-refractivity contribution in [2.45, 2.75) is 25.8 Å². The molecule has 0 saturated carbocycles. The molecule has 3 heteroatoms. The molecule has 1 atom stereocenters. The summed E-state index contributed by atoms with van der Waals surface area (Å²) in [6, 6.07) is 0.0324. The highest BCUT2D eigenvalue weighted by atomic mass is 35.5. The molecule has 0 aromatic rings. The summed E-state index contributed by atoms with van der Waals surface area (Å²) >= 11 is 0. The number of quaternary nitrogens is 1. The standard InChI is InChI=1S/C5H12FN.ClH/c1-2-3-5(7)4-6;/h5H,2-4,7H2,1H3;1H/t5-;/m0./s1. The normalized spacial score (nSPS) is 12.4. The van der Waals surface area contributed by atoms with E-state index in [0.717, 1.165) is 12.8 Å². The first-order valence-corrected chi connectivity index (χ1v) is 2.70. The van der Waals surface area contributed by atoms with Gasteiger partial charge in [-0.15, -0.1) is 0 Å². The number of hydrogen-bond acceptors (Lipinski definition) is 0. The molecule has 0 aromatic carbocycles. The molecule has 0 saturated heterocycles. The van der Waals surface area contributed by atoms with Crippen molar-refractivity contribution in [3.8, 4) is 0 Å². The van der Waals surface area contributed by atoms with E-state index in [1.165, 1.54) is 0 Å². The van der Waals surface area contributed by atoms with Crippen LogP contribution < -0.4 is 18.1 Å². The quantitative estimate of drug-likeness (QED) is 0.446. The zero-order valence-electron chi connectivity index (χ0n) is 5.16. The molecule has 0 amide bonds. The van der Waals surface area contributed by atoms with E-state index in [1.807, 2.05) is 6.92 Å². The molecule has 0 aromatic heterocycles. The summed E-state index contributed by atoms with van der Waals surface area (Å²) in [6.45, 7) is 1.77. The molecular formula is C5H13ClFN. The predicted molar refractivity (Wildman–Crippen MR) is 27.6 cm³/mol. The second-order valence-electron chi connectivity index (χ2n) is 1.81. The van der Waals surface area contributed by atoms with Gasteiger partial charge in [0.2, 0.25) is 0 Å². The zero-order chi connectivity index (χ0) is 5.70. The highest BCUT2D eigenvalue weighted by Crippen LogP contribution is 1.89. The third-order valence-electron chi connectivity index (χ3n) is 0.915. The van der Waals surface area contributed by atoms with Crippen molar-refractivity contribution in [1.29, 1.82) is 0 Å². The van der Waals surface area contributed by atoms with Gasteiger partial charge in [0.15, 0.2) is 0 Å². The first-order chi connectivity index (χ1) is 3.31. The van der Waals surface area contributed by atoms with Crippen LogP contribution in [0.1, 0.15) is 19.8 Å². The van der Waals surface area contributed by atoms with Crippen molar-refractivity contribution >= 4 is 0 Å². The molecule has 0 radical (unpaired) electrons. The third-order valence-corrected chi connectivity index (χ3v) is 0.915. The Morgan fingerprint density at radius 1 is 1.62 bits per heavy atom. The minimum absolute atomic E-state index is 0. The van der Waals surface area contributed by atoms with Gasteiger partial charge in [0.1, 0.15) is 12.7 Å². The molecule has 0 aliphatic rings. The smallest absolute Gasteiger partial charge is 0.141 e. The topological polar surface area (TPSA) is 27.6 Å². The van der Waals surface area contributed by atoms with Crippen molar-refractivity contribution in [3.63, 3.8) is 0 Å². The Balaban J connectivity index is 0. The van der Waals surface area contributed by atoms with Gasteiger partial charge in [-0.3, -0.25) is 0 Å². The monoisotopic (exact) mass is 141 g/mol. The van der Waals surface area contributed by atoms with Crippen LogP contribution >= 0.6 is 0 Å². The van der Waals surface area contributed by atoms with Crippen LogP contribution in [0.2, 0.25) is 0 Å². The third kappa shape index (κ3) is 6.18. The van der Waals surface area contributed by atoms with E-state index in [-0.39, 0.29) is 25.1 Å². The number of halogens is 2. The molecule has 0 spiro atoms. The van der Waals surface area contributed by atoms with Crippen LogP contribution in [-0.4, -0.2) is 12.7 Å². The van der Waals surface area contributed by atoms with Gasteiger partial charge in [0.25, 0.3) is 0 Å². The molecule has 0 rings (SSSR count). The number of rotatable bonds is 3. The molecule has 0 fully saturated rings. The molecule has 0 aliphatic heterocycles. The maximum Gasteiger partial charge on any atom is 0.141 e. The Morgan fingerprint density at radius 3 is 2.25 bits per heavy atom. The molecular weight excluding hydrogens is 129 g/mol. The van der Waals surface area contributed by atoms with E-state index < -0.39 is 0 Å². The molecule has 0 bridgehead atoms. The lowest BCUT2D eigenvalue weighted by Crippen LogP contribution is -3.00. The van der Waals surface area contributed by atoms with Crippen molar-refractivity contribution in [2.24, 2.45) is 0 Å². The van der Waals surface area contributed by atoms with E-state index in [4.69, 9.17) is 0 Å². The van der Waals surface area contributed by atoms with Gasteiger partial charge in [0.05, 0.1) is 0 Å². The summed E-state index contributed by atoms with van der Waals surface area (Å²) in [7, 11) is 0. The zero-order valence-corrected chi connectivity index (χ0v) is 5.92. The fourth-order valence-corrected chi connectivity index (χ4v) is 0.485. The summed E-state index contributed by atoms with van der Waals surface area (Å²) < 4.78 is 11.5. The minimum atomic E-state index is -0.270. The molecule has 1 nitrogen and oxygen atoms in total.